The Bertz CT molecular complexity index is 393. The highest BCUT2D eigenvalue weighted by molar-refractivity contribution is 5.25. The van der Waals surface area contributed by atoms with Gasteiger partial charge in [-0.3, -0.25) is 0 Å². The maximum absolute atomic E-state index is 12.5. The second-order valence-electron chi connectivity index (χ2n) is 5.42. The predicted molar refractivity (Wildman–Crippen MR) is 70.0 cm³/mol. The van der Waals surface area contributed by atoms with E-state index in [1.165, 1.54) is 31.4 Å². The molecular weight excluding hydrogens is 251 g/mol. The molecule has 1 unspecified atom stereocenters. The van der Waals surface area contributed by atoms with Gasteiger partial charge in [0, 0.05) is 6.04 Å². The molecule has 1 aliphatic rings. The molecule has 19 heavy (non-hydrogen) atoms. The zero-order valence-corrected chi connectivity index (χ0v) is 11.1. The Morgan fingerprint density at radius 2 is 1.84 bits per heavy atom. The van der Waals surface area contributed by atoms with Gasteiger partial charge in [0.25, 0.3) is 0 Å². The van der Waals surface area contributed by atoms with Crippen LogP contribution in [0, 0.1) is 5.92 Å². The van der Waals surface area contributed by atoms with E-state index in [2.05, 4.69) is 5.32 Å². The highest BCUT2D eigenvalue weighted by atomic mass is 19.4. The summed E-state index contributed by atoms with van der Waals surface area (Å²) in [7, 11) is 1.92. The van der Waals surface area contributed by atoms with Crippen molar-refractivity contribution in [2.75, 3.05) is 7.05 Å². The molecule has 4 heteroatoms. The predicted octanol–water partition coefficient (Wildman–Crippen LogP) is 4.03. The Labute approximate surface area is 112 Å². The van der Waals surface area contributed by atoms with Gasteiger partial charge < -0.3 is 5.32 Å². The molecule has 1 saturated carbocycles. The maximum Gasteiger partial charge on any atom is 0.416 e. The van der Waals surface area contributed by atoms with Crippen LogP contribution in [-0.2, 0) is 12.6 Å². The summed E-state index contributed by atoms with van der Waals surface area (Å²) in [5, 5.41) is 3.27. The standard InChI is InChI=1S/C15H20F3N/c1-19-14(9-11-3-2-4-11)10-12-5-7-13(8-6-12)15(16,17)18/h5-8,11,14,19H,2-4,9-10H2,1H3. The molecule has 1 aliphatic carbocycles. The first kappa shape index (κ1) is 14.4. The average Bonchev–Trinajstić information content (AvgIpc) is 2.31. The number of rotatable bonds is 5. The lowest BCUT2D eigenvalue weighted by Gasteiger charge is -2.29. The van der Waals surface area contributed by atoms with Gasteiger partial charge in [0.2, 0.25) is 0 Å². The molecule has 1 fully saturated rings. The van der Waals surface area contributed by atoms with Crippen molar-refractivity contribution in [1.29, 1.82) is 0 Å². The monoisotopic (exact) mass is 271 g/mol. The van der Waals surface area contributed by atoms with Crippen molar-refractivity contribution in [2.24, 2.45) is 5.92 Å². The van der Waals surface area contributed by atoms with E-state index in [9.17, 15) is 13.2 Å². The molecule has 0 aromatic heterocycles. The zero-order valence-electron chi connectivity index (χ0n) is 11.1. The molecule has 1 N–H and O–H groups in total. The van der Waals surface area contributed by atoms with E-state index in [0.717, 1.165) is 24.3 Å². The first-order chi connectivity index (χ1) is 8.99. The fraction of sp³-hybridized carbons (Fsp3) is 0.600. The van der Waals surface area contributed by atoms with Gasteiger partial charge in [-0.05, 0) is 43.5 Å². The van der Waals surface area contributed by atoms with Crippen LogP contribution in [0.2, 0.25) is 0 Å². The molecule has 1 atom stereocenters. The van der Waals surface area contributed by atoms with Crippen LogP contribution in [0.4, 0.5) is 13.2 Å². The van der Waals surface area contributed by atoms with E-state index < -0.39 is 11.7 Å². The van der Waals surface area contributed by atoms with Crippen LogP contribution in [0.1, 0.15) is 36.8 Å². The molecule has 106 valence electrons. The molecule has 0 radical (unpaired) electrons. The van der Waals surface area contributed by atoms with Crippen LogP contribution in [0.5, 0.6) is 0 Å². The Kier molecular flexibility index (Phi) is 4.50. The minimum Gasteiger partial charge on any atom is -0.317 e. The highest BCUT2D eigenvalue weighted by Gasteiger charge is 2.30. The lowest BCUT2D eigenvalue weighted by atomic mass is 9.80. The molecule has 1 aromatic rings. The smallest absolute Gasteiger partial charge is 0.317 e. The first-order valence-electron chi connectivity index (χ1n) is 6.82. The first-order valence-corrected chi connectivity index (χ1v) is 6.82. The lowest BCUT2D eigenvalue weighted by molar-refractivity contribution is -0.137. The summed E-state index contributed by atoms with van der Waals surface area (Å²) in [6, 6.07) is 5.89. The second-order valence-corrected chi connectivity index (χ2v) is 5.42. The quantitative estimate of drug-likeness (QED) is 0.852. The molecule has 0 spiro atoms. The number of halogens is 3. The topological polar surface area (TPSA) is 12.0 Å². The Morgan fingerprint density at radius 1 is 1.21 bits per heavy atom. The third-order valence-electron chi connectivity index (χ3n) is 4.01. The molecule has 1 nitrogen and oxygen atoms in total. The molecule has 0 heterocycles. The van der Waals surface area contributed by atoms with Crippen molar-refractivity contribution < 1.29 is 13.2 Å². The van der Waals surface area contributed by atoms with E-state index in [-0.39, 0.29) is 0 Å². The van der Waals surface area contributed by atoms with Crippen molar-refractivity contribution in [1.82, 2.24) is 5.32 Å². The van der Waals surface area contributed by atoms with Gasteiger partial charge in [0.15, 0.2) is 0 Å². The number of benzene rings is 1. The summed E-state index contributed by atoms with van der Waals surface area (Å²) in [5.74, 6) is 0.798. The molecule has 1 aromatic carbocycles. The van der Waals surface area contributed by atoms with Gasteiger partial charge in [0.1, 0.15) is 0 Å². The number of nitrogens with one attached hydrogen (secondary N) is 1. The van der Waals surface area contributed by atoms with E-state index in [1.807, 2.05) is 7.05 Å². The van der Waals surface area contributed by atoms with Gasteiger partial charge in [-0.1, -0.05) is 31.4 Å². The molecule has 2 rings (SSSR count). The minimum absolute atomic E-state index is 0.363. The molecule has 0 amide bonds. The van der Waals surface area contributed by atoms with E-state index >= 15 is 0 Å². The summed E-state index contributed by atoms with van der Waals surface area (Å²) >= 11 is 0. The van der Waals surface area contributed by atoms with E-state index in [4.69, 9.17) is 0 Å². The average molecular weight is 271 g/mol. The normalized spacial score (nSPS) is 18.1. The van der Waals surface area contributed by atoms with Gasteiger partial charge >= 0.3 is 6.18 Å². The zero-order chi connectivity index (χ0) is 13.9. The SMILES string of the molecule is CNC(Cc1ccc(C(F)(F)F)cc1)CC1CCC1. The lowest BCUT2D eigenvalue weighted by Crippen LogP contribution is -2.31. The summed E-state index contributed by atoms with van der Waals surface area (Å²) in [4.78, 5) is 0. The van der Waals surface area contributed by atoms with Crippen molar-refractivity contribution in [3.8, 4) is 0 Å². The minimum atomic E-state index is -4.24. The van der Waals surface area contributed by atoms with Crippen LogP contribution in [0.25, 0.3) is 0 Å². The fourth-order valence-corrected chi connectivity index (χ4v) is 2.55. The highest BCUT2D eigenvalue weighted by Crippen LogP contribution is 2.32. The van der Waals surface area contributed by atoms with Gasteiger partial charge in [-0.25, -0.2) is 0 Å². The van der Waals surface area contributed by atoms with Crippen molar-refractivity contribution in [3.63, 3.8) is 0 Å². The second kappa shape index (κ2) is 5.95. The Hall–Kier alpha value is -1.03. The Balaban J connectivity index is 1.93. The van der Waals surface area contributed by atoms with Gasteiger partial charge in [0.05, 0.1) is 5.56 Å². The van der Waals surface area contributed by atoms with Gasteiger partial charge in [-0.15, -0.1) is 0 Å². The van der Waals surface area contributed by atoms with Crippen LogP contribution in [0.3, 0.4) is 0 Å². The maximum atomic E-state index is 12.5. The molecular formula is C15H20F3N. The largest absolute Gasteiger partial charge is 0.416 e. The number of hydrogen-bond donors (Lipinski definition) is 1. The summed E-state index contributed by atoms with van der Waals surface area (Å²) in [6.45, 7) is 0. The third kappa shape index (κ3) is 3.96. The molecule has 0 saturated heterocycles. The van der Waals surface area contributed by atoms with Crippen molar-refractivity contribution in [2.45, 2.75) is 44.3 Å². The van der Waals surface area contributed by atoms with E-state index in [1.54, 1.807) is 12.1 Å². The van der Waals surface area contributed by atoms with Crippen LogP contribution in [-0.4, -0.2) is 13.1 Å². The van der Waals surface area contributed by atoms with E-state index in [0.29, 0.717) is 6.04 Å². The van der Waals surface area contributed by atoms with Crippen LogP contribution >= 0.6 is 0 Å². The van der Waals surface area contributed by atoms with Crippen LogP contribution in [0.15, 0.2) is 24.3 Å². The Morgan fingerprint density at radius 3 is 2.26 bits per heavy atom. The fourth-order valence-electron chi connectivity index (χ4n) is 2.55. The number of likely N-dealkylation sites (N-methyl/N-ethyl adjacent to an activating group) is 1. The number of hydrogen-bond acceptors (Lipinski definition) is 1. The van der Waals surface area contributed by atoms with Crippen LogP contribution < -0.4 is 5.32 Å². The van der Waals surface area contributed by atoms with Crippen molar-refractivity contribution in [3.05, 3.63) is 35.4 Å². The van der Waals surface area contributed by atoms with Gasteiger partial charge in [-0.2, -0.15) is 13.2 Å². The summed E-state index contributed by atoms with van der Waals surface area (Å²) in [6.07, 6.45) is 1.59. The third-order valence-corrected chi connectivity index (χ3v) is 4.01. The summed E-state index contributed by atoms with van der Waals surface area (Å²) < 4.78 is 37.4. The van der Waals surface area contributed by atoms with Crippen molar-refractivity contribution >= 4 is 0 Å². The summed E-state index contributed by atoms with van der Waals surface area (Å²) in [5.41, 5.74) is 0.392. The molecule has 0 bridgehead atoms. The number of alkyl halides is 3. The molecule has 0 aliphatic heterocycles.